The van der Waals surface area contributed by atoms with Crippen molar-refractivity contribution in [1.29, 1.82) is 0 Å². The zero-order chi connectivity index (χ0) is 40.3. The molecule has 2 atom stereocenters. The number of carbonyl (C=O) groups is 2. The highest BCUT2D eigenvalue weighted by Gasteiger charge is 2.23. The van der Waals surface area contributed by atoms with Gasteiger partial charge in [0.25, 0.3) is 0 Å². The van der Waals surface area contributed by atoms with Crippen LogP contribution in [0, 0.1) is 0 Å². The van der Waals surface area contributed by atoms with Crippen LogP contribution in [0.25, 0.3) is 0 Å². The quantitative estimate of drug-likeness (QED) is 0.0245. The Morgan fingerprint density at radius 1 is 0.600 bits per heavy atom. The van der Waals surface area contributed by atoms with Gasteiger partial charge in [-0.05, 0) is 77.0 Å². The molecule has 0 saturated carbocycles. The lowest BCUT2D eigenvalue weighted by Crippen LogP contribution is -2.26. The van der Waals surface area contributed by atoms with Gasteiger partial charge in [-0.1, -0.05) is 150 Å². The third kappa shape index (κ3) is 41.9. The van der Waals surface area contributed by atoms with Crippen LogP contribution in [0.5, 0.6) is 0 Å². The number of hydrogen-bond acceptors (Lipinski definition) is 7. The van der Waals surface area contributed by atoms with Crippen LogP contribution in [0.2, 0.25) is 0 Å². The first kappa shape index (κ1) is 51.9. The van der Waals surface area contributed by atoms with Crippen LogP contribution in [-0.4, -0.2) is 54.3 Å². The van der Waals surface area contributed by atoms with E-state index in [0.717, 1.165) is 83.5 Å². The summed E-state index contributed by atoms with van der Waals surface area (Å²) in [5.74, 6) is -0.669. The predicted molar refractivity (Wildman–Crippen MR) is 229 cm³/mol. The Bertz CT molecular complexity index is 1220. The highest BCUT2D eigenvalue weighted by molar-refractivity contribution is 7.47. The molecule has 1 amide bonds. The molecule has 0 aliphatic rings. The van der Waals surface area contributed by atoms with Gasteiger partial charge >= 0.3 is 13.8 Å². The first-order valence-electron chi connectivity index (χ1n) is 20.7. The molecule has 2 unspecified atom stereocenters. The molecule has 3 N–H and O–H groups in total. The Kier molecular flexibility index (Phi) is 38.3. The third-order valence-corrected chi connectivity index (χ3v) is 9.01. The van der Waals surface area contributed by atoms with Gasteiger partial charge < -0.3 is 20.1 Å². The van der Waals surface area contributed by atoms with Crippen LogP contribution in [-0.2, 0) is 27.9 Å². The maximum absolute atomic E-state index is 12.1. The maximum atomic E-state index is 12.1. The number of phosphoric acid groups is 1. The van der Waals surface area contributed by atoms with Crippen molar-refractivity contribution in [2.45, 2.75) is 148 Å². The zero-order valence-corrected chi connectivity index (χ0v) is 35.0. The molecule has 312 valence electrons. The molecular weight excluding hydrogens is 713 g/mol. The summed E-state index contributed by atoms with van der Waals surface area (Å²) in [6.45, 7) is 3.25. The first-order chi connectivity index (χ1) is 26.8. The number of amides is 1. The van der Waals surface area contributed by atoms with Crippen LogP contribution in [0.3, 0.4) is 0 Å². The first-order valence-corrected chi connectivity index (χ1v) is 22.2. The van der Waals surface area contributed by atoms with Gasteiger partial charge in [-0.15, -0.1) is 0 Å². The molecular formula is C45H74NO8P. The molecule has 10 heteroatoms. The second-order valence-electron chi connectivity index (χ2n) is 13.2. The number of carbonyl (C=O) groups excluding carboxylic acids is 2. The van der Waals surface area contributed by atoms with E-state index in [1.165, 1.54) is 32.1 Å². The Labute approximate surface area is 334 Å². The molecule has 0 aromatic carbocycles. The molecule has 0 saturated heterocycles. The average Bonchev–Trinajstić information content (AvgIpc) is 3.17. The van der Waals surface area contributed by atoms with E-state index in [2.05, 4.69) is 98.2 Å². The van der Waals surface area contributed by atoms with Crippen molar-refractivity contribution in [1.82, 2.24) is 5.32 Å². The smallest absolute Gasteiger partial charge is 0.463 e. The lowest BCUT2D eigenvalue weighted by atomic mass is 10.1. The number of rotatable bonds is 37. The fourth-order valence-electron chi connectivity index (χ4n) is 4.92. The van der Waals surface area contributed by atoms with Crippen molar-refractivity contribution in [2.24, 2.45) is 0 Å². The number of ether oxygens (including phenoxy) is 1. The number of allylic oxidation sites excluding steroid dienone is 15. The normalized spacial score (nSPS) is 14.3. The summed E-state index contributed by atoms with van der Waals surface area (Å²) in [5, 5.41) is 12.6. The van der Waals surface area contributed by atoms with Crippen molar-refractivity contribution < 1.29 is 37.9 Å². The van der Waals surface area contributed by atoms with Crippen LogP contribution in [0.4, 0.5) is 0 Å². The minimum Gasteiger partial charge on any atom is -0.463 e. The standard InChI is InChI=1S/C45H74NO8P/c1-3-5-7-9-11-13-15-17-18-19-20-21-22-23-24-26-27-29-31-33-35-37-44(48)46-39-40-53-55(50,51)54-42-43(47)41-52-45(49)38-36-34-32-30-28-25-16-14-12-10-8-6-4-2/h5,7,11,13-14,16-18,20-21,23-24,27,29,33,35,43,47H,3-4,6,8-10,12,15,19,22,25-26,28,30-32,34,36-42H2,1-2H3,(H,46,48)(H,50,51)/b7-5-,13-11-,16-14-,18-17-,21-20-,24-23-,29-27-,35-33-. The molecule has 0 aromatic heterocycles. The molecule has 0 aliphatic heterocycles. The van der Waals surface area contributed by atoms with E-state index in [1.807, 2.05) is 12.2 Å². The molecule has 0 rings (SSSR count). The van der Waals surface area contributed by atoms with Crippen LogP contribution < -0.4 is 5.32 Å². The molecule has 0 spiro atoms. The summed E-state index contributed by atoms with van der Waals surface area (Å²) in [5.41, 5.74) is 0. The molecule has 0 heterocycles. The summed E-state index contributed by atoms with van der Waals surface area (Å²) in [7, 11) is -4.45. The molecule has 9 nitrogen and oxygen atoms in total. The Balaban J connectivity index is 3.79. The third-order valence-electron chi connectivity index (χ3n) is 8.03. The number of phosphoric ester groups is 1. The molecule has 0 aliphatic carbocycles. The van der Waals surface area contributed by atoms with Crippen molar-refractivity contribution >= 4 is 19.7 Å². The van der Waals surface area contributed by atoms with Gasteiger partial charge in [0.1, 0.15) is 12.7 Å². The van der Waals surface area contributed by atoms with E-state index in [0.29, 0.717) is 0 Å². The van der Waals surface area contributed by atoms with E-state index in [9.17, 15) is 24.2 Å². The summed E-state index contributed by atoms with van der Waals surface area (Å²) in [6.07, 6.45) is 52.2. The summed E-state index contributed by atoms with van der Waals surface area (Å²) < 4.78 is 26.8. The summed E-state index contributed by atoms with van der Waals surface area (Å²) >= 11 is 0. The molecule has 0 fully saturated rings. The number of esters is 1. The maximum Gasteiger partial charge on any atom is 0.472 e. The van der Waals surface area contributed by atoms with Gasteiger partial charge in [0.05, 0.1) is 13.2 Å². The highest BCUT2D eigenvalue weighted by atomic mass is 31.2. The van der Waals surface area contributed by atoms with Gasteiger partial charge in [0.2, 0.25) is 5.91 Å². The largest absolute Gasteiger partial charge is 0.472 e. The van der Waals surface area contributed by atoms with E-state index < -0.39 is 26.5 Å². The van der Waals surface area contributed by atoms with E-state index >= 15 is 0 Å². The zero-order valence-electron chi connectivity index (χ0n) is 34.1. The number of aliphatic hydroxyl groups excluding tert-OH is 1. The Hall–Kier alpha value is -3.07. The van der Waals surface area contributed by atoms with Crippen molar-refractivity contribution in [3.05, 3.63) is 97.2 Å². The minimum atomic E-state index is -4.45. The SMILES string of the molecule is CC/C=C\C/C=C\C/C=C\C/C=C\C/C=C\C/C=C\C/C=C\CC(=O)NCCOP(=O)(O)OCC(O)COC(=O)CCCCCCC/C=C\CCCCCC. The number of hydrogen-bond donors (Lipinski definition) is 3. The molecule has 55 heavy (non-hydrogen) atoms. The van der Waals surface area contributed by atoms with Crippen molar-refractivity contribution in [3.63, 3.8) is 0 Å². The average molecular weight is 788 g/mol. The van der Waals surface area contributed by atoms with Gasteiger partial charge in [-0.2, -0.15) is 0 Å². The topological polar surface area (TPSA) is 131 Å². The number of aliphatic hydroxyl groups is 1. The summed E-state index contributed by atoms with van der Waals surface area (Å²) in [6, 6.07) is 0. The van der Waals surface area contributed by atoms with E-state index in [1.54, 1.807) is 6.08 Å². The van der Waals surface area contributed by atoms with E-state index in [4.69, 9.17) is 13.8 Å². The molecule has 0 bridgehead atoms. The number of unbranched alkanes of at least 4 members (excludes halogenated alkanes) is 9. The Morgan fingerprint density at radius 2 is 1.07 bits per heavy atom. The van der Waals surface area contributed by atoms with Crippen LogP contribution >= 0.6 is 7.82 Å². The van der Waals surface area contributed by atoms with E-state index in [-0.39, 0.29) is 38.5 Å². The summed E-state index contributed by atoms with van der Waals surface area (Å²) in [4.78, 5) is 33.8. The van der Waals surface area contributed by atoms with Crippen LogP contribution in [0.15, 0.2) is 97.2 Å². The molecule has 0 radical (unpaired) electrons. The second-order valence-corrected chi connectivity index (χ2v) is 14.7. The van der Waals surface area contributed by atoms with Crippen molar-refractivity contribution in [3.8, 4) is 0 Å². The van der Waals surface area contributed by atoms with Gasteiger partial charge in [0, 0.05) is 19.4 Å². The fraction of sp³-hybridized carbons (Fsp3) is 0.600. The van der Waals surface area contributed by atoms with Crippen LogP contribution in [0.1, 0.15) is 142 Å². The van der Waals surface area contributed by atoms with Gasteiger partial charge in [0.15, 0.2) is 0 Å². The predicted octanol–water partition coefficient (Wildman–Crippen LogP) is 11.4. The number of nitrogens with one attached hydrogen (secondary N) is 1. The molecule has 0 aromatic rings. The fourth-order valence-corrected chi connectivity index (χ4v) is 5.68. The monoisotopic (exact) mass is 788 g/mol. The lowest BCUT2D eigenvalue weighted by Gasteiger charge is -2.15. The second kappa shape index (κ2) is 40.6. The van der Waals surface area contributed by atoms with Gasteiger partial charge in [-0.3, -0.25) is 18.6 Å². The Morgan fingerprint density at radius 3 is 1.60 bits per heavy atom. The highest BCUT2D eigenvalue weighted by Crippen LogP contribution is 2.42. The lowest BCUT2D eigenvalue weighted by molar-refractivity contribution is -0.147. The van der Waals surface area contributed by atoms with Crippen molar-refractivity contribution in [2.75, 3.05) is 26.4 Å². The van der Waals surface area contributed by atoms with Gasteiger partial charge in [-0.25, -0.2) is 4.57 Å². The minimum absolute atomic E-state index is 0.0180.